The number of aromatic nitrogens is 1. The van der Waals surface area contributed by atoms with Gasteiger partial charge in [-0.2, -0.15) is 0 Å². The molecule has 7 heteroatoms. The molecule has 1 aliphatic heterocycles. The molecule has 0 spiro atoms. The van der Waals surface area contributed by atoms with E-state index in [-0.39, 0.29) is 18.4 Å². The molecule has 2 aromatic rings. The van der Waals surface area contributed by atoms with Gasteiger partial charge in [0, 0.05) is 6.20 Å². The number of fused-ring (bicyclic) bond motifs is 1. The van der Waals surface area contributed by atoms with Gasteiger partial charge >= 0.3 is 0 Å². The van der Waals surface area contributed by atoms with Crippen molar-refractivity contribution in [3.05, 3.63) is 42.6 Å². The number of pyridine rings is 1. The SMILES string of the molecule is CCOc1ccc(OC(CC)C(=O)N2CC(=O)Nc3cccnc32)cc1. The summed E-state index contributed by atoms with van der Waals surface area (Å²) >= 11 is 0. The largest absolute Gasteiger partial charge is 0.494 e. The second kappa shape index (κ2) is 7.86. The lowest BCUT2D eigenvalue weighted by atomic mass is 10.2. The zero-order valence-electron chi connectivity index (χ0n) is 14.8. The molecule has 3 rings (SSSR count). The fourth-order valence-corrected chi connectivity index (χ4v) is 2.73. The molecule has 1 aromatic heterocycles. The maximum atomic E-state index is 13.0. The summed E-state index contributed by atoms with van der Waals surface area (Å²) in [6, 6.07) is 10.5. The second-order valence-electron chi connectivity index (χ2n) is 5.77. The summed E-state index contributed by atoms with van der Waals surface area (Å²) in [5, 5.41) is 2.72. The van der Waals surface area contributed by atoms with Gasteiger partial charge in [-0.15, -0.1) is 0 Å². The van der Waals surface area contributed by atoms with Crippen LogP contribution in [-0.2, 0) is 9.59 Å². The Balaban J connectivity index is 1.77. The highest BCUT2D eigenvalue weighted by atomic mass is 16.5. The molecule has 1 atom stereocenters. The summed E-state index contributed by atoms with van der Waals surface area (Å²) in [6.45, 7) is 4.28. The summed E-state index contributed by atoms with van der Waals surface area (Å²) in [6.07, 6.45) is 1.34. The fourth-order valence-electron chi connectivity index (χ4n) is 2.73. The van der Waals surface area contributed by atoms with Crippen molar-refractivity contribution in [3.63, 3.8) is 0 Å². The number of benzene rings is 1. The third kappa shape index (κ3) is 3.77. The standard InChI is InChI=1S/C19H21N3O4/c1-3-16(26-14-9-7-13(8-10-14)25-4-2)19(24)22-12-17(23)21-15-6-5-11-20-18(15)22/h5-11,16H,3-4,12H2,1-2H3,(H,21,23). The molecular weight excluding hydrogens is 334 g/mol. The van der Waals surface area contributed by atoms with E-state index in [1.165, 1.54) is 4.90 Å². The van der Waals surface area contributed by atoms with Crippen molar-refractivity contribution in [2.75, 3.05) is 23.4 Å². The predicted octanol–water partition coefficient (Wildman–Crippen LogP) is 2.62. The Morgan fingerprint density at radius 3 is 2.65 bits per heavy atom. The number of ether oxygens (including phenoxy) is 2. The van der Waals surface area contributed by atoms with Crippen LogP contribution in [0, 0.1) is 0 Å². The molecule has 0 radical (unpaired) electrons. The van der Waals surface area contributed by atoms with Crippen LogP contribution >= 0.6 is 0 Å². The maximum Gasteiger partial charge on any atom is 0.269 e. The molecule has 7 nitrogen and oxygen atoms in total. The Hall–Kier alpha value is -3.09. The van der Waals surface area contributed by atoms with Crippen LogP contribution in [0.2, 0.25) is 0 Å². The smallest absolute Gasteiger partial charge is 0.269 e. The van der Waals surface area contributed by atoms with Crippen molar-refractivity contribution in [1.29, 1.82) is 0 Å². The molecule has 0 aliphatic carbocycles. The molecule has 1 N–H and O–H groups in total. The predicted molar refractivity (Wildman–Crippen MR) is 97.5 cm³/mol. The molecule has 0 saturated heterocycles. The fraction of sp³-hybridized carbons (Fsp3) is 0.316. The number of hydrogen-bond acceptors (Lipinski definition) is 5. The Labute approximate surface area is 151 Å². The van der Waals surface area contributed by atoms with E-state index in [1.54, 1.807) is 42.6 Å². The van der Waals surface area contributed by atoms with Crippen LogP contribution in [0.25, 0.3) is 0 Å². The first-order valence-corrected chi connectivity index (χ1v) is 8.58. The number of rotatable bonds is 6. The maximum absolute atomic E-state index is 13.0. The van der Waals surface area contributed by atoms with E-state index in [0.29, 0.717) is 30.3 Å². The first-order valence-electron chi connectivity index (χ1n) is 8.58. The third-order valence-corrected chi connectivity index (χ3v) is 3.94. The van der Waals surface area contributed by atoms with E-state index in [0.717, 1.165) is 5.75 Å². The Morgan fingerprint density at radius 2 is 1.96 bits per heavy atom. The van der Waals surface area contributed by atoms with Gasteiger partial charge in [-0.25, -0.2) is 4.98 Å². The molecule has 0 bridgehead atoms. The Morgan fingerprint density at radius 1 is 1.23 bits per heavy atom. The lowest BCUT2D eigenvalue weighted by molar-refractivity contribution is -0.127. The number of carbonyl (C=O) groups excluding carboxylic acids is 2. The van der Waals surface area contributed by atoms with Crippen molar-refractivity contribution >= 4 is 23.3 Å². The molecular formula is C19H21N3O4. The summed E-state index contributed by atoms with van der Waals surface area (Å²) in [5.74, 6) is 1.19. The van der Waals surface area contributed by atoms with Gasteiger partial charge in [0.2, 0.25) is 5.91 Å². The van der Waals surface area contributed by atoms with Crippen molar-refractivity contribution < 1.29 is 19.1 Å². The minimum Gasteiger partial charge on any atom is -0.494 e. The van der Waals surface area contributed by atoms with Crippen LogP contribution in [-0.4, -0.2) is 36.1 Å². The van der Waals surface area contributed by atoms with Crippen molar-refractivity contribution in [2.24, 2.45) is 0 Å². The zero-order valence-corrected chi connectivity index (χ0v) is 14.8. The Bertz CT molecular complexity index is 792. The van der Waals surface area contributed by atoms with Crippen LogP contribution in [0.3, 0.4) is 0 Å². The van der Waals surface area contributed by atoms with Crippen LogP contribution < -0.4 is 19.7 Å². The number of carbonyl (C=O) groups is 2. The van der Waals surface area contributed by atoms with Crippen molar-refractivity contribution in [1.82, 2.24) is 4.98 Å². The highest BCUT2D eigenvalue weighted by Gasteiger charge is 2.32. The van der Waals surface area contributed by atoms with Gasteiger partial charge < -0.3 is 14.8 Å². The lowest BCUT2D eigenvalue weighted by Gasteiger charge is -2.30. The van der Waals surface area contributed by atoms with E-state index in [9.17, 15) is 9.59 Å². The van der Waals surface area contributed by atoms with Gasteiger partial charge in [-0.1, -0.05) is 6.92 Å². The average Bonchev–Trinajstić information content (AvgIpc) is 2.66. The van der Waals surface area contributed by atoms with E-state index in [1.807, 2.05) is 13.8 Å². The minimum absolute atomic E-state index is 0.0774. The molecule has 0 fully saturated rings. The average molecular weight is 355 g/mol. The van der Waals surface area contributed by atoms with Crippen molar-refractivity contribution in [3.8, 4) is 11.5 Å². The first-order chi connectivity index (χ1) is 12.6. The molecule has 2 heterocycles. The van der Waals surface area contributed by atoms with E-state index < -0.39 is 6.10 Å². The molecule has 136 valence electrons. The summed E-state index contributed by atoms with van der Waals surface area (Å²) < 4.78 is 11.3. The van der Waals surface area contributed by atoms with Crippen LogP contribution in [0.4, 0.5) is 11.5 Å². The number of hydrogen-bond donors (Lipinski definition) is 1. The van der Waals surface area contributed by atoms with Gasteiger partial charge in [0.15, 0.2) is 11.9 Å². The first kappa shape index (κ1) is 17.7. The quantitative estimate of drug-likeness (QED) is 0.861. The second-order valence-corrected chi connectivity index (χ2v) is 5.77. The van der Waals surface area contributed by atoms with E-state index >= 15 is 0 Å². The lowest BCUT2D eigenvalue weighted by Crippen LogP contribution is -2.48. The summed E-state index contributed by atoms with van der Waals surface area (Å²) in [4.78, 5) is 30.5. The molecule has 2 amide bonds. The van der Waals surface area contributed by atoms with Gasteiger partial charge in [0.25, 0.3) is 5.91 Å². The third-order valence-electron chi connectivity index (χ3n) is 3.94. The number of amides is 2. The zero-order chi connectivity index (χ0) is 18.5. The van der Waals surface area contributed by atoms with Crippen LogP contribution in [0.15, 0.2) is 42.6 Å². The minimum atomic E-state index is -0.714. The number of nitrogens with one attached hydrogen (secondary N) is 1. The highest BCUT2D eigenvalue weighted by molar-refractivity contribution is 6.10. The van der Waals surface area contributed by atoms with Gasteiger partial charge in [0.1, 0.15) is 18.0 Å². The highest BCUT2D eigenvalue weighted by Crippen LogP contribution is 2.28. The molecule has 26 heavy (non-hydrogen) atoms. The van der Waals surface area contributed by atoms with Crippen LogP contribution in [0.1, 0.15) is 20.3 Å². The monoisotopic (exact) mass is 355 g/mol. The van der Waals surface area contributed by atoms with Gasteiger partial charge in [-0.05, 0) is 49.7 Å². The van der Waals surface area contributed by atoms with E-state index in [2.05, 4.69) is 10.3 Å². The summed E-state index contributed by atoms with van der Waals surface area (Å²) in [7, 11) is 0. The topological polar surface area (TPSA) is 80.8 Å². The summed E-state index contributed by atoms with van der Waals surface area (Å²) in [5.41, 5.74) is 0.521. The molecule has 1 aliphatic rings. The van der Waals surface area contributed by atoms with Crippen molar-refractivity contribution in [2.45, 2.75) is 26.4 Å². The number of anilines is 2. The number of nitrogens with zero attached hydrogens (tertiary/aromatic N) is 2. The van der Waals surface area contributed by atoms with Crippen LogP contribution in [0.5, 0.6) is 11.5 Å². The Kier molecular flexibility index (Phi) is 5.36. The molecule has 0 saturated carbocycles. The molecule has 1 unspecified atom stereocenters. The van der Waals surface area contributed by atoms with Gasteiger partial charge in [-0.3, -0.25) is 14.5 Å². The normalized spacial score (nSPS) is 14.2. The molecule has 1 aromatic carbocycles. The van der Waals surface area contributed by atoms with E-state index in [4.69, 9.17) is 9.47 Å². The van der Waals surface area contributed by atoms with Gasteiger partial charge in [0.05, 0.1) is 12.3 Å².